The molecule has 0 saturated heterocycles. The molecule has 1 aromatic carbocycles. The molecule has 0 aromatic heterocycles. The van der Waals surface area contributed by atoms with Gasteiger partial charge in [0, 0.05) is 12.1 Å². The SMILES string of the molecule is O=[N+]([O-])c1ccc(C=NNCCOS(=O)(=O)O)cc1. The van der Waals surface area contributed by atoms with Crippen molar-refractivity contribution in [2.75, 3.05) is 13.2 Å². The molecule has 2 N–H and O–H groups in total. The van der Waals surface area contributed by atoms with Crippen molar-refractivity contribution < 1.29 is 22.1 Å². The van der Waals surface area contributed by atoms with Crippen LogP contribution in [-0.2, 0) is 14.6 Å². The Balaban J connectivity index is 2.35. The van der Waals surface area contributed by atoms with Crippen LogP contribution in [0.25, 0.3) is 0 Å². The fraction of sp³-hybridized carbons (Fsp3) is 0.222. The van der Waals surface area contributed by atoms with E-state index >= 15 is 0 Å². The van der Waals surface area contributed by atoms with Gasteiger partial charge in [0.15, 0.2) is 0 Å². The highest BCUT2D eigenvalue weighted by Gasteiger charge is 2.03. The fourth-order valence-electron chi connectivity index (χ4n) is 1.06. The molecule has 0 aliphatic rings. The summed E-state index contributed by atoms with van der Waals surface area (Å²) in [5.41, 5.74) is 3.09. The Morgan fingerprint density at radius 1 is 1.42 bits per heavy atom. The zero-order valence-electron chi connectivity index (χ0n) is 9.59. The molecule has 0 amide bonds. The topological polar surface area (TPSA) is 131 Å². The van der Waals surface area contributed by atoms with E-state index in [0.717, 1.165) is 0 Å². The number of non-ortho nitro benzene ring substituents is 1. The van der Waals surface area contributed by atoms with Crippen molar-refractivity contribution in [1.29, 1.82) is 0 Å². The minimum Gasteiger partial charge on any atom is -0.308 e. The van der Waals surface area contributed by atoms with Crippen molar-refractivity contribution in [3.63, 3.8) is 0 Å². The summed E-state index contributed by atoms with van der Waals surface area (Å²) in [4.78, 5) is 9.89. The van der Waals surface area contributed by atoms with Gasteiger partial charge in [-0.15, -0.1) is 0 Å². The Bertz CT molecular complexity index is 554. The smallest absolute Gasteiger partial charge is 0.308 e. The summed E-state index contributed by atoms with van der Waals surface area (Å²) in [5, 5.41) is 14.1. The van der Waals surface area contributed by atoms with Crippen LogP contribution < -0.4 is 5.43 Å². The normalized spacial score (nSPS) is 11.6. The van der Waals surface area contributed by atoms with E-state index in [2.05, 4.69) is 14.7 Å². The number of nitrogens with one attached hydrogen (secondary N) is 1. The van der Waals surface area contributed by atoms with Crippen LogP contribution in [0.1, 0.15) is 5.56 Å². The summed E-state index contributed by atoms with van der Waals surface area (Å²) in [6.07, 6.45) is 1.40. The van der Waals surface area contributed by atoms with Crippen LogP contribution in [0.2, 0.25) is 0 Å². The number of nitrogens with zero attached hydrogens (tertiary/aromatic N) is 2. The molecule has 9 nitrogen and oxygen atoms in total. The lowest BCUT2D eigenvalue weighted by atomic mass is 10.2. The van der Waals surface area contributed by atoms with Gasteiger partial charge in [0.05, 0.1) is 24.3 Å². The Morgan fingerprint density at radius 2 is 2.05 bits per heavy atom. The molecule has 0 heterocycles. The minimum atomic E-state index is -4.43. The number of hydrogen-bond donors (Lipinski definition) is 2. The molecule has 0 bridgehead atoms. The predicted molar refractivity (Wildman–Crippen MR) is 66.2 cm³/mol. The first-order valence-electron chi connectivity index (χ1n) is 5.01. The lowest BCUT2D eigenvalue weighted by molar-refractivity contribution is -0.384. The summed E-state index contributed by atoms with van der Waals surface area (Å²) in [7, 11) is -4.43. The van der Waals surface area contributed by atoms with E-state index in [4.69, 9.17) is 4.55 Å². The van der Waals surface area contributed by atoms with Gasteiger partial charge in [0.25, 0.3) is 5.69 Å². The second-order valence-corrected chi connectivity index (χ2v) is 4.36. The molecule has 19 heavy (non-hydrogen) atoms. The Kier molecular flexibility index (Phi) is 5.36. The lowest BCUT2D eigenvalue weighted by Gasteiger charge is -1.99. The molecule has 0 radical (unpaired) electrons. The van der Waals surface area contributed by atoms with Gasteiger partial charge in [0.1, 0.15) is 0 Å². The van der Waals surface area contributed by atoms with E-state index in [1.54, 1.807) is 0 Å². The molecule has 10 heteroatoms. The maximum Gasteiger partial charge on any atom is 0.397 e. The fourth-order valence-corrected chi connectivity index (χ4v) is 1.35. The standard InChI is InChI=1S/C9H11N3O6S/c13-12(14)9-3-1-8(2-4-9)7-11-10-5-6-18-19(15,16)17/h1-4,7,10H,5-6H2,(H,15,16,17). The predicted octanol–water partition coefficient (Wildman–Crippen LogP) is 0.338. The second-order valence-electron chi connectivity index (χ2n) is 3.26. The molecule has 104 valence electrons. The van der Waals surface area contributed by atoms with Crippen LogP contribution in [0.15, 0.2) is 29.4 Å². The van der Waals surface area contributed by atoms with Gasteiger partial charge in [-0.1, -0.05) is 0 Å². The number of benzene rings is 1. The molecule has 0 spiro atoms. The highest BCUT2D eigenvalue weighted by atomic mass is 32.3. The summed E-state index contributed by atoms with van der Waals surface area (Å²) < 4.78 is 32.7. The number of hydrazone groups is 1. The molecule has 0 saturated carbocycles. The highest BCUT2D eigenvalue weighted by molar-refractivity contribution is 7.80. The maximum absolute atomic E-state index is 10.4. The molecule has 0 unspecified atom stereocenters. The molecule has 0 aliphatic heterocycles. The van der Waals surface area contributed by atoms with Crippen LogP contribution in [0.3, 0.4) is 0 Å². The molecule has 1 aromatic rings. The average molecular weight is 289 g/mol. The zero-order chi connectivity index (χ0) is 14.3. The first-order chi connectivity index (χ1) is 8.88. The van der Waals surface area contributed by atoms with Crippen molar-refractivity contribution in [2.24, 2.45) is 5.10 Å². The van der Waals surface area contributed by atoms with E-state index in [0.29, 0.717) is 5.56 Å². The summed E-state index contributed by atoms with van der Waals surface area (Å²) >= 11 is 0. The van der Waals surface area contributed by atoms with Crippen molar-refractivity contribution in [2.45, 2.75) is 0 Å². The molecule has 0 atom stereocenters. The van der Waals surface area contributed by atoms with E-state index in [-0.39, 0.29) is 18.8 Å². The first-order valence-corrected chi connectivity index (χ1v) is 6.37. The largest absolute Gasteiger partial charge is 0.397 e. The van der Waals surface area contributed by atoms with Gasteiger partial charge in [-0.25, -0.2) is 4.18 Å². The number of nitro benzene ring substituents is 1. The molecular formula is C9H11N3O6S. The maximum atomic E-state index is 10.4. The zero-order valence-corrected chi connectivity index (χ0v) is 10.4. The molecule has 0 aliphatic carbocycles. The Hall–Kier alpha value is -2.04. The number of nitro groups is 1. The molecular weight excluding hydrogens is 278 g/mol. The first kappa shape index (κ1) is 15.0. The van der Waals surface area contributed by atoms with Crippen LogP contribution in [0, 0.1) is 10.1 Å². The Labute approximate surface area is 109 Å². The monoisotopic (exact) mass is 289 g/mol. The van der Waals surface area contributed by atoms with Gasteiger partial charge in [0.2, 0.25) is 0 Å². The average Bonchev–Trinajstić information content (AvgIpc) is 2.33. The third-order valence-corrected chi connectivity index (χ3v) is 2.32. The third-order valence-electron chi connectivity index (χ3n) is 1.85. The van der Waals surface area contributed by atoms with Gasteiger partial charge in [-0.3, -0.25) is 14.7 Å². The molecule has 1 rings (SSSR count). The van der Waals surface area contributed by atoms with E-state index in [1.807, 2.05) is 0 Å². The summed E-state index contributed by atoms with van der Waals surface area (Å²) in [6, 6.07) is 5.70. The lowest BCUT2D eigenvalue weighted by Crippen LogP contribution is -2.16. The summed E-state index contributed by atoms with van der Waals surface area (Å²) in [5.74, 6) is 0. The Morgan fingerprint density at radius 3 is 2.58 bits per heavy atom. The van der Waals surface area contributed by atoms with Crippen LogP contribution in [0.5, 0.6) is 0 Å². The third kappa shape index (κ3) is 6.45. The van der Waals surface area contributed by atoms with Gasteiger partial charge in [-0.05, 0) is 17.7 Å². The van der Waals surface area contributed by atoms with Crippen molar-refractivity contribution in [3.8, 4) is 0 Å². The van der Waals surface area contributed by atoms with Crippen molar-refractivity contribution in [3.05, 3.63) is 39.9 Å². The summed E-state index contributed by atoms with van der Waals surface area (Å²) in [6.45, 7) is -0.195. The van der Waals surface area contributed by atoms with E-state index in [1.165, 1.54) is 30.5 Å². The van der Waals surface area contributed by atoms with Crippen molar-refractivity contribution >= 4 is 22.3 Å². The number of rotatable bonds is 7. The quantitative estimate of drug-likeness (QED) is 0.243. The van der Waals surface area contributed by atoms with E-state index in [9.17, 15) is 18.5 Å². The molecule has 0 fully saturated rings. The van der Waals surface area contributed by atoms with E-state index < -0.39 is 15.3 Å². The van der Waals surface area contributed by atoms with Gasteiger partial charge >= 0.3 is 10.4 Å². The van der Waals surface area contributed by atoms with Gasteiger partial charge < -0.3 is 5.43 Å². The van der Waals surface area contributed by atoms with Crippen LogP contribution in [-0.4, -0.2) is 37.3 Å². The highest BCUT2D eigenvalue weighted by Crippen LogP contribution is 2.10. The van der Waals surface area contributed by atoms with Crippen LogP contribution >= 0.6 is 0 Å². The minimum absolute atomic E-state index is 0.0216. The second kappa shape index (κ2) is 6.78. The number of hydrogen-bond acceptors (Lipinski definition) is 7. The van der Waals surface area contributed by atoms with Crippen molar-refractivity contribution in [1.82, 2.24) is 5.43 Å². The van der Waals surface area contributed by atoms with Crippen LogP contribution in [0.4, 0.5) is 5.69 Å². The van der Waals surface area contributed by atoms with Gasteiger partial charge in [-0.2, -0.15) is 13.5 Å².